The average molecular weight is 368 g/mol. The van der Waals surface area contributed by atoms with Crippen LogP contribution in [0.15, 0.2) is 47.8 Å². The molecule has 26 heavy (non-hydrogen) atoms. The van der Waals surface area contributed by atoms with Gasteiger partial charge < -0.3 is 0 Å². The molecule has 7 heteroatoms. The maximum absolute atomic E-state index is 10.9. The Labute approximate surface area is 156 Å². The molecule has 0 unspecified atom stereocenters. The zero-order valence-electron chi connectivity index (χ0n) is 14.8. The molecule has 0 aliphatic rings. The summed E-state index contributed by atoms with van der Waals surface area (Å²) < 4.78 is 0. The van der Waals surface area contributed by atoms with Crippen molar-refractivity contribution in [1.29, 1.82) is 0 Å². The maximum atomic E-state index is 10.9. The first kappa shape index (κ1) is 18.2. The van der Waals surface area contributed by atoms with Gasteiger partial charge in [0.2, 0.25) is 0 Å². The molecule has 0 aromatic carbocycles. The fourth-order valence-electron chi connectivity index (χ4n) is 2.80. The van der Waals surface area contributed by atoms with Crippen molar-refractivity contribution in [3.63, 3.8) is 0 Å². The second-order valence-electron chi connectivity index (χ2n) is 6.24. The molecule has 0 amide bonds. The molecule has 0 saturated carbocycles. The van der Waals surface area contributed by atoms with Gasteiger partial charge in [0.1, 0.15) is 0 Å². The molecule has 0 N–H and O–H groups in total. The topological polar surface area (TPSA) is 72.2 Å². The van der Waals surface area contributed by atoms with Crippen molar-refractivity contribution in [3.8, 4) is 0 Å². The van der Waals surface area contributed by atoms with E-state index in [1.54, 1.807) is 6.07 Å². The molecule has 0 bridgehead atoms. The van der Waals surface area contributed by atoms with Crippen molar-refractivity contribution in [2.24, 2.45) is 0 Å². The first-order chi connectivity index (χ1) is 12.5. The van der Waals surface area contributed by atoms with Gasteiger partial charge in [-0.25, -0.2) is 0 Å². The normalized spacial score (nSPS) is 11.0. The fraction of sp³-hybridized carbons (Fsp3) is 0.263. The molecule has 0 saturated heterocycles. The molecule has 6 nitrogen and oxygen atoms in total. The Bertz CT molecular complexity index is 862. The molecule has 0 aliphatic heterocycles. The van der Waals surface area contributed by atoms with Crippen molar-refractivity contribution < 1.29 is 4.92 Å². The summed E-state index contributed by atoms with van der Waals surface area (Å²) in [6.45, 7) is 5.86. The van der Waals surface area contributed by atoms with Crippen LogP contribution in [0.4, 0.5) is 5.00 Å². The highest BCUT2D eigenvalue weighted by Crippen LogP contribution is 2.24. The summed E-state index contributed by atoms with van der Waals surface area (Å²) in [5.74, 6) is 0. The zero-order chi connectivity index (χ0) is 18.5. The van der Waals surface area contributed by atoms with Crippen molar-refractivity contribution in [3.05, 3.63) is 86.3 Å². The fourth-order valence-corrected chi connectivity index (χ4v) is 3.52. The molecule has 3 heterocycles. The minimum absolute atomic E-state index is 0.169. The lowest BCUT2D eigenvalue weighted by molar-refractivity contribution is -0.380. The highest BCUT2D eigenvalue weighted by Gasteiger charge is 2.15. The van der Waals surface area contributed by atoms with E-state index in [1.807, 2.05) is 55.6 Å². The predicted molar refractivity (Wildman–Crippen MR) is 102 cm³/mol. The van der Waals surface area contributed by atoms with E-state index >= 15 is 0 Å². The summed E-state index contributed by atoms with van der Waals surface area (Å²) in [6, 6.07) is 13.6. The van der Waals surface area contributed by atoms with Crippen molar-refractivity contribution in [1.82, 2.24) is 14.9 Å². The van der Waals surface area contributed by atoms with E-state index in [9.17, 15) is 10.1 Å². The third-order valence-corrected chi connectivity index (χ3v) is 4.82. The van der Waals surface area contributed by atoms with E-state index in [-0.39, 0.29) is 9.92 Å². The largest absolute Gasteiger partial charge is 0.324 e. The number of pyridine rings is 2. The third kappa shape index (κ3) is 4.93. The van der Waals surface area contributed by atoms with Crippen LogP contribution in [0, 0.1) is 24.0 Å². The second kappa shape index (κ2) is 8.16. The van der Waals surface area contributed by atoms with Crippen LogP contribution in [0.3, 0.4) is 0 Å². The predicted octanol–water partition coefficient (Wildman–Crippen LogP) is 4.27. The molecule has 0 atom stereocenters. The van der Waals surface area contributed by atoms with Crippen LogP contribution in [0.5, 0.6) is 0 Å². The number of hydrogen-bond acceptors (Lipinski definition) is 6. The molecule has 0 radical (unpaired) electrons. The Morgan fingerprint density at radius 3 is 2.04 bits per heavy atom. The van der Waals surface area contributed by atoms with Crippen LogP contribution < -0.4 is 0 Å². The molecule has 3 rings (SSSR count). The maximum Gasteiger partial charge on any atom is 0.324 e. The molecule has 0 aliphatic carbocycles. The van der Waals surface area contributed by atoms with E-state index < -0.39 is 0 Å². The van der Waals surface area contributed by atoms with E-state index in [2.05, 4.69) is 14.9 Å². The molecular formula is C19H20N4O2S. The van der Waals surface area contributed by atoms with Crippen LogP contribution in [0.1, 0.15) is 28.3 Å². The van der Waals surface area contributed by atoms with E-state index in [0.29, 0.717) is 19.6 Å². The molecule has 3 aromatic heterocycles. The summed E-state index contributed by atoms with van der Waals surface area (Å²) >= 11 is 1.16. The molecule has 134 valence electrons. The van der Waals surface area contributed by atoms with Gasteiger partial charge in [-0.1, -0.05) is 23.5 Å². The average Bonchev–Trinajstić information content (AvgIpc) is 3.03. The van der Waals surface area contributed by atoms with Crippen molar-refractivity contribution >= 4 is 16.3 Å². The quantitative estimate of drug-likeness (QED) is 0.460. The lowest BCUT2D eigenvalue weighted by Gasteiger charge is -2.21. The molecule has 0 fully saturated rings. The monoisotopic (exact) mass is 368 g/mol. The Balaban J connectivity index is 1.80. The number of aromatic nitrogens is 2. The van der Waals surface area contributed by atoms with E-state index in [0.717, 1.165) is 39.7 Å². The van der Waals surface area contributed by atoms with Gasteiger partial charge in [0.15, 0.2) is 0 Å². The summed E-state index contributed by atoms with van der Waals surface area (Å²) in [6.07, 6.45) is 0. The van der Waals surface area contributed by atoms with E-state index in [4.69, 9.17) is 0 Å². The highest BCUT2D eigenvalue weighted by molar-refractivity contribution is 7.13. The summed E-state index contributed by atoms with van der Waals surface area (Å²) in [5, 5.41) is 13.0. The third-order valence-electron chi connectivity index (χ3n) is 3.89. The van der Waals surface area contributed by atoms with Gasteiger partial charge in [0.25, 0.3) is 0 Å². The summed E-state index contributed by atoms with van der Waals surface area (Å²) in [7, 11) is 0. The lowest BCUT2D eigenvalue weighted by Crippen LogP contribution is -2.23. The standard InChI is InChI=1S/C19H20N4O2S/c1-14-5-3-7-17(20-14)11-22(12-18-8-4-6-15(2)21-18)10-16-9-19(23(24)25)26-13-16/h3-9,13H,10-12H2,1-2H3. The van der Waals surface area contributed by atoms with Crippen LogP contribution >= 0.6 is 11.3 Å². The van der Waals surface area contributed by atoms with Gasteiger partial charge in [-0.05, 0) is 43.7 Å². The minimum Gasteiger partial charge on any atom is -0.287 e. The zero-order valence-corrected chi connectivity index (χ0v) is 15.6. The molecular weight excluding hydrogens is 348 g/mol. The second-order valence-corrected chi connectivity index (χ2v) is 7.13. The number of nitrogens with zero attached hydrogens (tertiary/aromatic N) is 4. The van der Waals surface area contributed by atoms with E-state index in [1.165, 1.54) is 0 Å². The Morgan fingerprint density at radius 2 is 1.58 bits per heavy atom. The highest BCUT2D eigenvalue weighted by atomic mass is 32.1. The number of thiophene rings is 1. The number of nitro groups is 1. The SMILES string of the molecule is Cc1cccc(CN(Cc2csc([N+](=O)[O-])c2)Cc2cccc(C)n2)n1. The van der Waals surface area contributed by atoms with Crippen LogP contribution in [0.2, 0.25) is 0 Å². The molecule has 0 spiro atoms. The van der Waals surface area contributed by atoms with Crippen LogP contribution in [-0.2, 0) is 19.6 Å². The lowest BCUT2D eigenvalue weighted by atomic mass is 10.2. The Morgan fingerprint density at radius 1 is 1.00 bits per heavy atom. The summed E-state index contributed by atoms with van der Waals surface area (Å²) in [5.41, 5.74) is 4.83. The van der Waals surface area contributed by atoms with Gasteiger partial charge >= 0.3 is 5.00 Å². The van der Waals surface area contributed by atoms with Gasteiger partial charge in [-0.3, -0.25) is 25.0 Å². The van der Waals surface area contributed by atoms with Crippen molar-refractivity contribution in [2.75, 3.05) is 0 Å². The summed E-state index contributed by atoms with van der Waals surface area (Å²) in [4.78, 5) is 22.0. The van der Waals surface area contributed by atoms with Crippen molar-refractivity contribution in [2.45, 2.75) is 33.5 Å². The first-order valence-electron chi connectivity index (χ1n) is 8.29. The Kier molecular flexibility index (Phi) is 5.70. The smallest absolute Gasteiger partial charge is 0.287 e. The number of aryl methyl sites for hydroxylation is 2. The minimum atomic E-state index is -0.345. The van der Waals surface area contributed by atoms with Crippen LogP contribution in [-0.4, -0.2) is 19.8 Å². The van der Waals surface area contributed by atoms with Crippen LogP contribution in [0.25, 0.3) is 0 Å². The number of rotatable bonds is 7. The van der Waals surface area contributed by atoms with Gasteiger partial charge in [0, 0.05) is 42.5 Å². The number of hydrogen-bond donors (Lipinski definition) is 0. The van der Waals surface area contributed by atoms with Gasteiger partial charge in [0.05, 0.1) is 16.3 Å². The Hall–Kier alpha value is -2.64. The first-order valence-corrected chi connectivity index (χ1v) is 9.17. The van der Waals surface area contributed by atoms with Gasteiger partial charge in [-0.2, -0.15) is 0 Å². The van der Waals surface area contributed by atoms with Gasteiger partial charge in [-0.15, -0.1) is 0 Å². The molecule has 3 aromatic rings.